The van der Waals surface area contributed by atoms with Gasteiger partial charge >= 0.3 is 0 Å². The van der Waals surface area contributed by atoms with Crippen molar-refractivity contribution >= 4 is 182 Å². The van der Waals surface area contributed by atoms with Gasteiger partial charge in [-0.25, -0.2) is 0 Å². The van der Waals surface area contributed by atoms with Gasteiger partial charge in [0.25, 0.3) is 0 Å². The highest BCUT2D eigenvalue weighted by atomic mass is 32.1. The maximum Gasteiger partial charge on any atom is 0.0640 e. The molecule has 139 heavy (non-hydrogen) atoms. The number of nitrogens with zero attached hydrogens (tertiary/aromatic N) is 4. The van der Waals surface area contributed by atoms with Gasteiger partial charge in [0.2, 0.25) is 0 Å². The highest BCUT2D eigenvalue weighted by molar-refractivity contribution is 7.27. The second-order valence-electron chi connectivity index (χ2n) is 36.4. The normalized spacial score (nSPS) is 11.9. The Bertz CT molecular complexity index is 9580. The molecule has 0 N–H and O–H groups in total. The standard InChI is InChI=1S/C66H38N2S3.C66H44N2/c1-6-27-53-51(19-1)62-42(21-12-29-55(62)67(53)57-31-14-25-49-46-17-4-9-34-60(46)70-65(49)57)39-36-40(38-41(37-39)44-23-11-24-48-45-16-3-8-33-59(45)69-64(44)48)43-22-13-30-56-63(43)52-20-2-7-28-54(52)68(56)58-32-15-26-50-47-18-5-10-35-61(47)71-66(50)58;1-4-19-45(20-5-1)48-25-14-26-49(39-48)52-40-53(57-33-17-37-63-65(57)59-31-10-12-35-61(59)67(63)55-29-15-27-50(43-55)46-21-6-2-7-22-46)42-54(41-52)58-34-18-38-64-66(58)60-32-11-13-36-62(60)68(64)56-30-16-28-51(44-56)47-23-8-3-9-24-47/h1-38H;1-44H. The first-order chi connectivity index (χ1) is 69.0. The van der Waals surface area contributed by atoms with Gasteiger partial charge < -0.3 is 18.3 Å². The Morgan fingerprint density at radius 2 is 0.360 bits per heavy atom. The number of aromatic nitrogens is 4. The zero-order chi connectivity index (χ0) is 91.3. The van der Waals surface area contributed by atoms with Gasteiger partial charge in [-0.3, -0.25) is 0 Å². The average Bonchev–Trinajstić information content (AvgIpc) is 1.56. The number of rotatable bonds is 13. The molecule has 7 aromatic heterocycles. The van der Waals surface area contributed by atoms with Crippen molar-refractivity contribution in [1.82, 2.24) is 18.3 Å². The number of hydrogen-bond acceptors (Lipinski definition) is 3. The lowest BCUT2D eigenvalue weighted by Gasteiger charge is -2.15. The van der Waals surface area contributed by atoms with Crippen LogP contribution in [-0.2, 0) is 0 Å². The zero-order valence-electron chi connectivity index (χ0n) is 75.4. The van der Waals surface area contributed by atoms with Crippen molar-refractivity contribution in [1.29, 1.82) is 0 Å². The molecular formula is C132H82N4S3. The molecule has 0 aliphatic rings. The fourth-order valence-electron chi connectivity index (χ4n) is 22.5. The molecule has 22 aromatic carbocycles. The summed E-state index contributed by atoms with van der Waals surface area (Å²) in [5.41, 5.74) is 35.8. The van der Waals surface area contributed by atoms with E-state index in [-0.39, 0.29) is 0 Å². The molecule has 29 rings (SSSR count). The van der Waals surface area contributed by atoms with Crippen LogP contribution in [0.4, 0.5) is 0 Å². The highest BCUT2D eigenvalue weighted by Crippen LogP contribution is 2.52. The van der Waals surface area contributed by atoms with Gasteiger partial charge in [-0.05, 0) is 246 Å². The minimum absolute atomic E-state index is 1.14. The van der Waals surface area contributed by atoms with Gasteiger partial charge in [0.05, 0.1) is 64.9 Å². The van der Waals surface area contributed by atoms with E-state index in [1.54, 1.807) is 0 Å². The SMILES string of the molecule is c1ccc(-c2cccc(-c3cc(-c4cccc5c4c4ccccc4n5-c4cccc(-c5ccccc5)c4)cc(-c4cccc5c4c4ccccc4n5-c4cccc(-c5ccccc5)c4)c3)c2)cc1.c1ccc2c(c1)sc1c(-c3cc(-c4cccc5c4c4ccccc4n5-c4cccc5c4sc4ccccc45)cc(-c4cccc5c4c4ccccc4n5-c4cccc5c4sc4ccccc45)c3)cccc12. The van der Waals surface area contributed by atoms with Crippen molar-refractivity contribution in [2.75, 3.05) is 0 Å². The van der Waals surface area contributed by atoms with Crippen LogP contribution in [0.25, 0.3) is 271 Å². The summed E-state index contributed by atoms with van der Waals surface area (Å²) in [6.45, 7) is 0. The topological polar surface area (TPSA) is 19.7 Å². The van der Waals surface area contributed by atoms with Gasteiger partial charge in [0, 0.05) is 106 Å². The molecular weight excluding hydrogens is 1740 g/mol. The fraction of sp³-hybridized carbons (Fsp3) is 0. The minimum atomic E-state index is 1.14. The van der Waals surface area contributed by atoms with E-state index in [1.165, 1.54) is 259 Å². The highest BCUT2D eigenvalue weighted by Gasteiger charge is 2.27. The number of fused-ring (bicyclic) bond motifs is 21. The van der Waals surface area contributed by atoms with Crippen molar-refractivity contribution in [3.05, 3.63) is 497 Å². The van der Waals surface area contributed by atoms with Crippen LogP contribution in [-0.4, -0.2) is 18.3 Å². The van der Waals surface area contributed by atoms with Crippen molar-refractivity contribution in [2.45, 2.75) is 0 Å². The molecule has 7 heteroatoms. The fourth-order valence-corrected chi connectivity index (χ4v) is 26.2. The minimum Gasteiger partial charge on any atom is -0.309 e. The summed E-state index contributed by atoms with van der Waals surface area (Å²) in [4.78, 5) is 0. The van der Waals surface area contributed by atoms with E-state index in [4.69, 9.17) is 0 Å². The second kappa shape index (κ2) is 32.8. The Labute approximate surface area is 813 Å². The van der Waals surface area contributed by atoms with E-state index >= 15 is 0 Å². The Balaban J connectivity index is 0.000000137. The van der Waals surface area contributed by atoms with Gasteiger partial charge in [-0.2, -0.15) is 0 Å². The van der Waals surface area contributed by atoms with Crippen molar-refractivity contribution in [3.63, 3.8) is 0 Å². The molecule has 0 spiro atoms. The van der Waals surface area contributed by atoms with Crippen LogP contribution in [0.2, 0.25) is 0 Å². The Kier molecular flexibility index (Phi) is 18.9. The van der Waals surface area contributed by atoms with E-state index in [1.807, 2.05) is 34.0 Å². The lowest BCUT2D eigenvalue weighted by Crippen LogP contribution is -1.94. The van der Waals surface area contributed by atoms with Gasteiger partial charge in [0.1, 0.15) is 0 Å². The van der Waals surface area contributed by atoms with Gasteiger partial charge in [-0.1, -0.05) is 352 Å². The van der Waals surface area contributed by atoms with Gasteiger partial charge in [-0.15, -0.1) is 34.0 Å². The molecule has 0 saturated carbocycles. The molecule has 7 heterocycles. The number of thiophene rings is 3. The first kappa shape index (κ1) is 80.2. The van der Waals surface area contributed by atoms with Crippen LogP contribution in [0.3, 0.4) is 0 Å². The van der Waals surface area contributed by atoms with Crippen molar-refractivity contribution in [2.24, 2.45) is 0 Å². The van der Waals surface area contributed by atoms with Crippen LogP contribution < -0.4 is 0 Å². The van der Waals surface area contributed by atoms with Crippen molar-refractivity contribution < 1.29 is 0 Å². The predicted molar refractivity (Wildman–Crippen MR) is 598 cm³/mol. The molecule has 0 saturated heterocycles. The molecule has 648 valence electrons. The predicted octanol–water partition coefficient (Wildman–Crippen LogP) is 37.9. The lowest BCUT2D eigenvalue weighted by atomic mass is 9.89. The Hall–Kier alpha value is -17.3. The first-order valence-corrected chi connectivity index (χ1v) is 50.0. The van der Waals surface area contributed by atoms with Crippen LogP contribution in [0.1, 0.15) is 0 Å². The smallest absolute Gasteiger partial charge is 0.0640 e. The van der Waals surface area contributed by atoms with Crippen LogP contribution in [0, 0.1) is 0 Å². The largest absolute Gasteiger partial charge is 0.309 e. The number of para-hydroxylation sites is 4. The third kappa shape index (κ3) is 13.1. The molecule has 0 radical (unpaired) electrons. The molecule has 0 aliphatic carbocycles. The van der Waals surface area contributed by atoms with Crippen LogP contribution >= 0.6 is 34.0 Å². The van der Waals surface area contributed by atoms with Crippen LogP contribution in [0.5, 0.6) is 0 Å². The molecule has 4 nitrogen and oxygen atoms in total. The van der Waals surface area contributed by atoms with Gasteiger partial charge in [0.15, 0.2) is 0 Å². The third-order valence-electron chi connectivity index (χ3n) is 28.6. The average molecular weight is 1820 g/mol. The van der Waals surface area contributed by atoms with E-state index in [0.717, 1.165) is 11.4 Å². The summed E-state index contributed by atoms with van der Waals surface area (Å²) in [6, 6.07) is 184. The summed E-state index contributed by atoms with van der Waals surface area (Å²) in [5, 5.41) is 17.8. The second-order valence-corrected chi connectivity index (χ2v) is 39.5. The summed E-state index contributed by atoms with van der Waals surface area (Å²) in [6.07, 6.45) is 0. The summed E-state index contributed by atoms with van der Waals surface area (Å²) in [5.74, 6) is 0. The summed E-state index contributed by atoms with van der Waals surface area (Å²) in [7, 11) is 0. The Morgan fingerprint density at radius 1 is 0.129 bits per heavy atom. The molecule has 0 atom stereocenters. The van der Waals surface area contributed by atoms with E-state index < -0.39 is 0 Å². The molecule has 0 aliphatic heterocycles. The van der Waals surface area contributed by atoms with E-state index in [2.05, 4.69) is 516 Å². The molecule has 0 unspecified atom stereocenters. The zero-order valence-corrected chi connectivity index (χ0v) is 77.8. The van der Waals surface area contributed by atoms with E-state index in [9.17, 15) is 0 Å². The maximum absolute atomic E-state index is 2.52. The third-order valence-corrected chi connectivity index (χ3v) is 32.2. The van der Waals surface area contributed by atoms with Crippen molar-refractivity contribution in [3.8, 4) is 123 Å². The molecule has 0 bridgehead atoms. The summed E-state index contributed by atoms with van der Waals surface area (Å²) >= 11 is 5.67. The Morgan fingerprint density at radius 3 is 0.741 bits per heavy atom. The number of hydrogen-bond donors (Lipinski definition) is 0. The molecule has 29 aromatic rings. The number of benzene rings is 22. The van der Waals surface area contributed by atoms with Crippen LogP contribution in [0.15, 0.2) is 497 Å². The summed E-state index contributed by atoms with van der Waals surface area (Å²) < 4.78 is 17.8. The lowest BCUT2D eigenvalue weighted by molar-refractivity contribution is 1.18. The maximum atomic E-state index is 2.52. The first-order valence-electron chi connectivity index (χ1n) is 47.6. The molecule has 0 fully saturated rings. The monoisotopic (exact) mass is 1820 g/mol. The van der Waals surface area contributed by atoms with E-state index in [0.29, 0.717) is 0 Å². The quantitative estimate of drug-likeness (QED) is 0.110. The molecule has 0 amide bonds.